The Labute approximate surface area is 167 Å². The fourth-order valence-electron chi connectivity index (χ4n) is 2.62. The minimum atomic E-state index is -0.912. The van der Waals surface area contributed by atoms with E-state index in [9.17, 15) is 18.8 Å². The predicted molar refractivity (Wildman–Crippen MR) is 103 cm³/mol. The largest absolute Gasteiger partial charge is 0.493 e. The van der Waals surface area contributed by atoms with E-state index in [4.69, 9.17) is 9.47 Å². The third-order valence-electron chi connectivity index (χ3n) is 3.99. The van der Waals surface area contributed by atoms with Crippen molar-refractivity contribution in [1.29, 1.82) is 0 Å². The molecule has 1 saturated heterocycles. The molecule has 1 aliphatic rings. The molecule has 144 valence electrons. The first-order chi connectivity index (χ1) is 13.3. The predicted octanol–water partition coefficient (Wildman–Crippen LogP) is 3.27. The van der Waals surface area contributed by atoms with E-state index in [0.717, 1.165) is 17.0 Å². The number of methoxy groups -OCH3 is 2. The number of urea groups is 1. The van der Waals surface area contributed by atoms with Gasteiger partial charge < -0.3 is 9.47 Å². The van der Waals surface area contributed by atoms with Gasteiger partial charge in [-0.25, -0.2) is 14.1 Å². The minimum Gasteiger partial charge on any atom is -0.493 e. The molecule has 7 nitrogen and oxygen atoms in total. The number of amides is 4. The van der Waals surface area contributed by atoms with Crippen molar-refractivity contribution in [3.8, 4) is 11.5 Å². The number of hydrogen-bond donors (Lipinski definition) is 1. The summed E-state index contributed by atoms with van der Waals surface area (Å²) in [6, 6.07) is 7.06. The number of anilines is 1. The van der Waals surface area contributed by atoms with Crippen LogP contribution in [0.3, 0.4) is 0 Å². The molecule has 2 aromatic rings. The van der Waals surface area contributed by atoms with Gasteiger partial charge in [0.1, 0.15) is 11.4 Å². The Morgan fingerprint density at radius 3 is 2.25 bits per heavy atom. The lowest BCUT2D eigenvalue weighted by Gasteiger charge is -2.26. The molecule has 9 heteroatoms. The van der Waals surface area contributed by atoms with Crippen LogP contribution in [-0.4, -0.2) is 32.1 Å². The van der Waals surface area contributed by atoms with Gasteiger partial charge in [-0.15, -0.1) is 0 Å². The highest BCUT2D eigenvalue weighted by Crippen LogP contribution is 2.35. The lowest BCUT2D eigenvalue weighted by atomic mass is 10.1. The van der Waals surface area contributed by atoms with E-state index in [1.54, 1.807) is 12.1 Å². The summed E-state index contributed by atoms with van der Waals surface area (Å²) >= 11 is 3.35. The van der Waals surface area contributed by atoms with Crippen LogP contribution in [0.5, 0.6) is 11.5 Å². The summed E-state index contributed by atoms with van der Waals surface area (Å²) in [5.41, 5.74) is 0.329. The second-order valence-electron chi connectivity index (χ2n) is 5.66. The highest BCUT2D eigenvalue weighted by Gasteiger charge is 2.37. The van der Waals surface area contributed by atoms with Crippen molar-refractivity contribution in [2.45, 2.75) is 0 Å². The van der Waals surface area contributed by atoms with E-state index in [1.165, 1.54) is 32.4 Å². The Bertz CT molecular complexity index is 1000. The monoisotopic (exact) mass is 448 g/mol. The number of hydrogen-bond acceptors (Lipinski definition) is 5. The molecule has 0 aromatic heterocycles. The van der Waals surface area contributed by atoms with E-state index in [0.29, 0.717) is 21.5 Å². The van der Waals surface area contributed by atoms with Gasteiger partial charge in [0.15, 0.2) is 11.5 Å². The number of carbonyl (C=O) groups excluding carboxylic acids is 3. The molecule has 0 atom stereocenters. The number of nitrogens with zero attached hydrogens (tertiary/aromatic N) is 1. The SMILES string of the molecule is COc1cc(Br)c(/C=C2\C(=O)NC(=O)N(c3ccc(F)cc3)C2=O)cc1OC. The van der Waals surface area contributed by atoms with Gasteiger partial charge in [0, 0.05) is 4.47 Å². The van der Waals surface area contributed by atoms with E-state index >= 15 is 0 Å². The van der Waals surface area contributed by atoms with Crippen molar-refractivity contribution >= 4 is 45.5 Å². The lowest BCUT2D eigenvalue weighted by Crippen LogP contribution is -2.54. The summed E-state index contributed by atoms with van der Waals surface area (Å²) in [7, 11) is 2.93. The average Bonchev–Trinajstić information content (AvgIpc) is 2.67. The normalized spacial score (nSPS) is 15.6. The first kappa shape index (κ1) is 19.6. The summed E-state index contributed by atoms with van der Waals surface area (Å²) < 4.78 is 24.1. The number of rotatable bonds is 4. The number of imide groups is 2. The van der Waals surface area contributed by atoms with Crippen molar-refractivity contribution in [3.63, 3.8) is 0 Å². The maximum absolute atomic E-state index is 13.2. The fraction of sp³-hybridized carbons (Fsp3) is 0.105. The molecule has 1 heterocycles. The van der Waals surface area contributed by atoms with Crippen LogP contribution in [0.25, 0.3) is 6.08 Å². The van der Waals surface area contributed by atoms with Crippen molar-refractivity contribution in [2.75, 3.05) is 19.1 Å². The smallest absolute Gasteiger partial charge is 0.335 e. The molecule has 0 aliphatic carbocycles. The van der Waals surface area contributed by atoms with Crippen LogP contribution in [0.15, 0.2) is 46.4 Å². The van der Waals surface area contributed by atoms with E-state index in [1.807, 2.05) is 0 Å². The molecule has 1 fully saturated rings. The standard InChI is InChI=1S/C19H14BrFN2O5/c1-27-15-8-10(14(20)9-16(15)28-2)7-13-17(24)22-19(26)23(18(13)25)12-5-3-11(21)4-6-12/h3-9H,1-2H3,(H,22,24,26)/b13-7+. The Morgan fingerprint density at radius 2 is 1.64 bits per heavy atom. The average molecular weight is 449 g/mol. The second-order valence-corrected chi connectivity index (χ2v) is 6.52. The molecular formula is C19H14BrFN2O5. The third-order valence-corrected chi connectivity index (χ3v) is 4.68. The first-order valence-electron chi connectivity index (χ1n) is 7.94. The van der Waals surface area contributed by atoms with Crippen LogP contribution in [0.2, 0.25) is 0 Å². The summed E-state index contributed by atoms with van der Waals surface area (Å²) in [6.45, 7) is 0. The van der Waals surface area contributed by atoms with Gasteiger partial charge >= 0.3 is 6.03 Å². The van der Waals surface area contributed by atoms with Crippen LogP contribution >= 0.6 is 15.9 Å². The number of carbonyl (C=O) groups is 3. The Balaban J connectivity index is 2.05. The molecule has 0 bridgehead atoms. The van der Waals surface area contributed by atoms with Crippen LogP contribution < -0.4 is 19.7 Å². The third kappa shape index (κ3) is 3.61. The molecule has 1 N–H and O–H groups in total. The number of ether oxygens (including phenoxy) is 2. The Hall–Kier alpha value is -3.20. The first-order valence-corrected chi connectivity index (χ1v) is 8.73. The van der Waals surface area contributed by atoms with Gasteiger partial charge in [0.05, 0.1) is 19.9 Å². The highest BCUT2D eigenvalue weighted by molar-refractivity contribution is 9.10. The molecule has 1 aliphatic heterocycles. The van der Waals surface area contributed by atoms with Gasteiger partial charge in [-0.1, -0.05) is 15.9 Å². The summed E-state index contributed by atoms with van der Waals surface area (Å²) in [4.78, 5) is 38.0. The van der Waals surface area contributed by atoms with Gasteiger partial charge in [-0.2, -0.15) is 0 Å². The molecule has 2 aromatic carbocycles. The number of halogens is 2. The zero-order valence-corrected chi connectivity index (χ0v) is 16.4. The molecule has 0 radical (unpaired) electrons. The topological polar surface area (TPSA) is 84.9 Å². The van der Waals surface area contributed by atoms with Gasteiger partial charge in [0.2, 0.25) is 0 Å². The number of benzene rings is 2. The van der Waals surface area contributed by atoms with Crippen molar-refractivity contribution < 1.29 is 28.2 Å². The fourth-order valence-corrected chi connectivity index (χ4v) is 3.05. The van der Waals surface area contributed by atoms with Crippen molar-refractivity contribution in [1.82, 2.24) is 5.32 Å². The lowest BCUT2D eigenvalue weighted by molar-refractivity contribution is -0.122. The van der Waals surface area contributed by atoms with Crippen LogP contribution in [0, 0.1) is 5.82 Å². The van der Waals surface area contributed by atoms with Gasteiger partial charge in [0.25, 0.3) is 11.8 Å². The molecule has 28 heavy (non-hydrogen) atoms. The zero-order valence-electron chi connectivity index (χ0n) is 14.8. The molecule has 0 spiro atoms. The Morgan fingerprint density at radius 1 is 1.04 bits per heavy atom. The minimum absolute atomic E-state index is 0.133. The summed E-state index contributed by atoms with van der Waals surface area (Å²) in [5.74, 6) is -1.33. The molecular weight excluding hydrogens is 435 g/mol. The Kier molecular flexibility index (Phi) is 5.46. The second kappa shape index (κ2) is 7.81. The van der Waals surface area contributed by atoms with E-state index in [2.05, 4.69) is 21.2 Å². The molecule has 0 saturated carbocycles. The van der Waals surface area contributed by atoms with E-state index in [-0.39, 0.29) is 11.3 Å². The molecule has 3 rings (SSSR count). The maximum Gasteiger partial charge on any atom is 0.335 e. The van der Waals surface area contributed by atoms with Crippen LogP contribution in [0.4, 0.5) is 14.9 Å². The quantitative estimate of drug-likeness (QED) is 0.572. The van der Waals surface area contributed by atoms with Crippen LogP contribution in [-0.2, 0) is 9.59 Å². The van der Waals surface area contributed by atoms with Crippen LogP contribution in [0.1, 0.15) is 5.56 Å². The highest BCUT2D eigenvalue weighted by atomic mass is 79.9. The zero-order chi connectivity index (χ0) is 20.4. The van der Waals surface area contributed by atoms with Crippen molar-refractivity contribution in [3.05, 3.63) is 57.8 Å². The van der Waals surface area contributed by atoms with Gasteiger partial charge in [-0.05, 0) is 48.0 Å². The molecule has 0 unspecified atom stereocenters. The number of nitrogens with one attached hydrogen (secondary N) is 1. The maximum atomic E-state index is 13.2. The molecule has 4 amide bonds. The summed E-state index contributed by atoms with van der Waals surface area (Å²) in [6.07, 6.45) is 1.33. The van der Waals surface area contributed by atoms with Gasteiger partial charge in [-0.3, -0.25) is 14.9 Å². The van der Waals surface area contributed by atoms with Crippen molar-refractivity contribution in [2.24, 2.45) is 0 Å². The van der Waals surface area contributed by atoms with E-state index < -0.39 is 23.7 Å². The number of barbiturate groups is 1. The summed E-state index contributed by atoms with van der Waals surface area (Å²) in [5, 5.41) is 2.11.